The average molecular weight is 308 g/mol. The number of hydrogen-bond donors (Lipinski definition) is 1. The lowest BCUT2D eigenvalue weighted by molar-refractivity contribution is -0.132. The smallest absolute Gasteiger partial charge is 0.222 e. The van der Waals surface area contributed by atoms with E-state index in [-0.39, 0.29) is 11.9 Å². The van der Waals surface area contributed by atoms with E-state index in [1.165, 1.54) is 0 Å². The van der Waals surface area contributed by atoms with Gasteiger partial charge in [0.15, 0.2) is 0 Å². The van der Waals surface area contributed by atoms with Crippen LogP contribution >= 0.6 is 0 Å². The number of carbonyl (C=O) groups is 1. The van der Waals surface area contributed by atoms with Crippen molar-refractivity contribution in [2.75, 3.05) is 27.2 Å². The third-order valence-electron chi connectivity index (χ3n) is 3.19. The van der Waals surface area contributed by atoms with E-state index >= 15 is 0 Å². The fourth-order valence-corrected chi connectivity index (χ4v) is 2.25. The van der Waals surface area contributed by atoms with Crippen molar-refractivity contribution in [1.29, 1.82) is 0 Å². The molecule has 1 saturated heterocycles. The highest BCUT2D eigenvalue weighted by atomic mass is 16.5. The van der Waals surface area contributed by atoms with Crippen LogP contribution in [0.15, 0.2) is 30.3 Å². The zero-order valence-corrected chi connectivity index (χ0v) is 14.8. The summed E-state index contributed by atoms with van der Waals surface area (Å²) in [7, 11) is 3.75. The maximum atomic E-state index is 11.7. The van der Waals surface area contributed by atoms with Gasteiger partial charge in [-0.1, -0.05) is 39.0 Å². The van der Waals surface area contributed by atoms with Crippen LogP contribution in [0.2, 0.25) is 0 Å². The Kier molecular flexibility index (Phi) is 12.2. The van der Waals surface area contributed by atoms with Gasteiger partial charge in [-0.2, -0.15) is 0 Å². The molecular formula is C18H32N2O2. The number of nitrogens with zero attached hydrogens (tertiary/aromatic N) is 1. The molecule has 1 unspecified atom stereocenters. The molecule has 0 bridgehead atoms. The largest absolute Gasteiger partial charge is 0.491 e. The highest BCUT2D eigenvalue weighted by molar-refractivity contribution is 5.76. The van der Waals surface area contributed by atoms with Gasteiger partial charge >= 0.3 is 0 Å². The fraction of sp³-hybridized carbons (Fsp3) is 0.611. The summed E-state index contributed by atoms with van der Waals surface area (Å²) in [5, 5.41) is 2.75. The van der Waals surface area contributed by atoms with E-state index < -0.39 is 0 Å². The van der Waals surface area contributed by atoms with Crippen LogP contribution in [0.4, 0.5) is 0 Å². The molecule has 4 nitrogen and oxygen atoms in total. The van der Waals surface area contributed by atoms with Gasteiger partial charge in [0.25, 0.3) is 0 Å². The molecule has 1 aromatic rings. The van der Waals surface area contributed by atoms with Crippen LogP contribution in [-0.2, 0) is 4.79 Å². The minimum atomic E-state index is 0.240. The quantitative estimate of drug-likeness (QED) is 0.927. The Morgan fingerprint density at radius 2 is 1.86 bits per heavy atom. The highest BCUT2D eigenvalue weighted by Crippen LogP contribution is 2.19. The summed E-state index contributed by atoms with van der Waals surface area (Å²) in [5.74, 6) is 1.12. The number of likely N-dealkylation sites (tertiary alicyclic amines) is 1. The number of ether oxygens (including phenoxy) is 1. The predicted octanol–water partition coefficient (Wildman–Crippen LogP) is 3.33. The summed E-state index contributed by atoms with van der Waals surface area (Å²) >= 11 is 0. The van der Waals surface area contributed by atoms with E-state index in [1.807, 2.05) is 70.1 Å². The Morgan fingerprint density at radius 1 is 1.27 bits per heavy atom. The zero-order valence-electron chi connectivity index (χ0n) is 14.8. The first-order valence-corrected chi connectivity index (χ1v) is 8.28. The molecule has 2 rings (SSSR count). The summed E-state index contributed by atoms with van der Waals surface area (Å²) in [6.45, 7) is 7.40. The molecule has 1 aliphatic heterocycles. The molecule has 1 amide bonds. The SMILES string of the molecule is CC.CCC(=O)N1CCCC1COc1ccccc1.CNC. The van der Waals surface area contributed by atoms with Crippen LogP contribution in [0.5, 0.6) is 5.75 Å². The van der Waals surface area contributed by atoms with Crippen LogP contribution in [0, 0.1) is 0 Å². The molecule has 0 spiro atoms. The van der Waals surface area contributed by atoms with Crippen molar-refractivity contribution in [2.45, 2.75) is 46.1 Å². The zero-order chi connectivity index (χ0) is 16.8. The van der Waals surface area contributed by atoms with Crippen molar-refractivity contribution in [1.82, 2.24) is 10.2 Å². The normalized spacial score (nSPS) is 16.0. The molecule has 1 atom stereocenters. The van der Waals surface area contributed by atoms with E-state index in [9.17, 15) is 4.79 Å². The molecule has 0 aromatic heterocycles. The summed E-state index contributed by atoms with van der Waals surface area (Å²) in [4.78, 5) is 13.7. The summed E-state index contributed by atoms with van der Waals surface area (Å²) in [6.07, 6.45) is 2.73. The van der Waals surface area contributed by atoms with E-state index in [0.717, 1.165) is 25.1 Å². The van der Waals surface area contributed by atoms with Crippen LogP contribution < -0.4 is 10.1 Å². The van der Waals surface area contributed by atoms with Crippen LogP contribution in [0.3, 0.4) is 0 Å². The second kappa shape index (κ2) is 13.1. The first-order chi connectivity index (χ1) is 10.7. The van der Waals surface area contributed by atoms with Gasteiger partial charge in [-0.15, -0.1) is 0 Å². The molecule has 1 fully saturated rings. The predicted molar refractivity (Wildman–Crippen MR) is 93.3 cm³/mol. The molecular weight excluding hydrogens is 276 g/mol. The van der Waals surface area contributed by atoms with Gasteiger partial charge in [-0.3, -0.25) is 4.79 Å². The van der Waals surface area contributed by atoms with Gasteiger partial charge in [-0.25, -0.2) is 0 Å². The Morgan fingerprint density at radius 3 is 2.41 bits per heavy atom. The number of rotatable bonds is 4. The maximum Gasteiger partial charge on any atom is 0.222 e. The minimum absolute atomic E-state index is 0.240. The number of amides is 1. The molecule has 0 aliphatic carbocycles. The minimum Gasteiger partial charge on any atom is -0.491 e. The number of para-hydroxylation sites is 1. The van der Waals surface area contributed by atoms with Gasteiger partial charge in [0.05, 0.1) is 6.04 Å². The molecule has 0 radical (unpaired) electrons. The first-order valence-electron chi connectivity index (χ1n) is 8.28. The first kappa shape index (κ1) is 20.5. The van der Waals surface area contributed by atoms with Crippen molar-refractivity contribution >= 4 is 5.91 Å². The standard InChI is InChI=1S/C14H19NO2.C2H7N.C2H6/c1-2-14(16)15-10-6-7-12(15)11-17-13-8-4-3-5-9-13;1-3-2;1-2/h3-5,8-9,12H,2,6-7,10-11H2,1H3;3H,1-2H3;1-2H3. The van der Waals surface area contributed by atoms with E-state index in [1.54, 1.807) is 0 Å². The van der Waals surface area contributed by atoms with Gasteiger partial charge in [-0.05, 0) is 39.1 Å². The van der Waals surface area contributed by atoms with Gasteiger partial charge < -0.3 is 15.0 Å². The Balaban J connectivity index is 0.000000789. The van der Waals surface area contributed by atoms with Crippen molar-refractivity contribution in [3.63, 3.8) is 0 Å². The van der Waals surface area contributed by atoms with Crippen molar-refractivity contribution < 1.29 is 9.53 Å². The van der Waals surface area contributed by atoms with E-state index in [2.05, 4.69) is 5.32 Å². The molecule has 0 saturated carbocycles. The third kappa shape index (κ3) is 7.46. The summed E-state index contributed by atoms with van der Waals surface area (Å²) in [5.41, 5.74) is 0. The lowest BCUT2D eigenvalue weighted by atomic mass is 10.2. The Labute approximate surface area is 135 Å². The molecule has 4 heteroatoms. The van der Waals surface area contributed by atoms with Crippen LogP contribution in [0.25, 0.3) is 0 Å². The van der Waals surface area contributed by atoms with Crippen molar-refractivity contribution in [3.8, 4) is 5.75 Å². The van der Waals surface area contributed by atoms with Crippen molar-refractivity contribution in [3.05, 3.63) is 30.3 Å². The Hall–Kier alpha value is -1.55. The summed E-state index contributed by atoms with van der Waals surface area (Å²) < 4.78 is 5.72. The topological polar surface area (TPSA) is 41.6 Å². The van der Waals surface area contributed by atoms with Crippen LogP contribution in [-0.4, -0.2) is 44.1 Å². The molecule has 1 N–H and O–H groups in total. The molecule has 22 heavy (non-hydrogen) atoms. The maximum absolute atomic E-state index is 11.7. The average Bonchev–Trinajstić information content (AvgIpc) is 3.04. The number of nitrogens with one attached hydrogen (secondary N) is 1. The van der Waals surface area contributed by atoms with Gasteiger partial charge in [0, 0.05) is 13.0 Å². The number of carbonyl (C=O) groups excluding carboxylic acids is 1. The molecule has 1 aromatic carbocycles. The monoisotopic (exact) mass is 308 g/mol. The van der Waals surface area contributed by atoms with Crippen LogP contribution in [0.1, 0.15) is 40.0 Å². The molecule has 1 heterocycles. The second-order valence-electron chi connectivity index (χ2n) is 4.86. The number of benzene rings is 1. The lowest BCUT2D eigenvalue weighted by Gasteiger charge is -2.24. The Bertz CT molecular complexity index is 382. The highest BCUT2D eigenvalue weighted by Gasteiger charge is 2.27. The van der Waals surface area contributed by atoms with Gasteiger partial charge in [0.1, 0.15) is 12.4 Å². The fourth-order valence-electron chi connectivity index (χ4n) is 2.25. The molecule has 126 valence electrons. The third-order valence-corrected chi connectivity index (χ3v) is 3.19. The van der Waals surface area contributed by atoms with E-state index in [0.29, 0.717) is 13.0 Å². The lowest BCUT2D eigenvalue weighted by Crippen LogP contribution is -2.38. The number of hydrogen-bond acceptors (Lipinski definition) is 3. The van der Waals surface area contributed by atoms with E-state index in [4.69, 9.17) is 4.74 Å². The molecule has 1 aliphatic rings. The van der Waals surface area contributed by atoms with Gasteiger partial charge in [0.2, 0.25) is 5.91 Å². The summed E-state index contributed by atoms with van der Waals surface area (Å²) in [6, 6.07) is 10.0. The second-order valence-corrected chi connectivity index (χ2v) is 4.86. The van der Waals surface area contributed by atoms with Crippen molar-refractivity contribution in [2.24, 2.45) is 0 Å².